The summed E-state index contributed by atoms with van der Waals surface area (Å²) in [5.74, 6) is 0. The van der Waals surface area contributed by atoms with Crippen molar-refractivity contribution < 1.29 is 8.42 Å². The maximum absolute atomic E-state index is 11.3. The summed E-state index contributed by atoms with van der Waals surface area (Å²) >= 11 is 8.83. The Bertz CT molecular complexity index is 407. The number of hydrogen-bond acceptors (Lipinski definition) is 4. The maximum atomic E-state index is 11.3. The average Bonchev–Trinajstić information content (AvgIpc) is 2.04. The lowest BCUT2D eigenvalue weighted by molar-refractivity contribution is 0.598. The zero-order chi connectivity index (χ0) is 9.90. The highest BCUT2D eigenvalue weighted by molar-refractivity contribution is 8.06. The van der Waals surface area contributed by atoms with Crippen LogP contribution in [-0.2, 0) is 35.3 Å². The van der Waals surface area contributed by atoms with Crippen LogP contribution in [-0.4, -0.2) is 12.8 Å². The van der Waals surface area contributed by atoms with E-state index in [0.29, 0.717) is 0 Å². The van der Waals surface area contributed by atoms with Crippen molar-refractivity contribution in [2.75, 3.05) is 0 Å². The van der Waals surface area contributed by atoms with Gasteiger partial charge in [0.25, 0.3) is 10.0 Å². The van der Waals surface area contributed by atoms with Gasteiger partial charge in [0.2, 0.25) is 0 Å². The fraction of sp³-hybridized carbons (Fsp3) is 0. The molecule has 3 nitrogen and oxygen atoms in total. The van der Waals surface area contributed by atoms with Gasteiger partial charge in [0, 0.05) is 0 Å². The summed E-state index contributed by atoms with van der Waals surface area (Å²) in [6.45, 7) is 0. The van der Waals surface area contributed by atoms with Crippen LogP contribution in [0.25, 0.3) is 0 Å². The second-order valence-corrected chi connectivity index (χ2v) is 4.78. The highest BCUT2D eigenvalue weighted by Gasteiger charge is 2.08. The lowest BCUT2D eigenvalue weighted by Crippen LogP contribution is -1.99. The van der Waals surface area contributed by atoms with Gasteiger partial charge in [0.05, 0.1) is 4.90 Å². The predicted molar refractivity (Wildman–Crippen MR) is 55.8 cm³/mol. The van der Waals surface area contributed by atoms with E-state index in [-0.39, 0.29) is 9.27 Å². The third-order valence-electron chi connectivity index (χ3n) is 1.24. The maximum Gasteiger partial charge on any atom is 0.278 e. The van der Waals surface area contributed by atoms with Crippen molar-refractivity contribution in [3.8, 4) is 0 Å². The number of nitrogens with zero attached hydrogens (tertiary/aromatic N) is 1. The first-order valence-corrected chi connectivity index (χ1v) is 5.52. The van der Waals surface area contributed by atoms with Gasteiger partial charge in [-0.15, -0.1) is 0 Å². The second kappa shape index (κ2) is 3.99. The lowest BCUT2D eigenvalue weighted by Gasteiger charge is -2.15. The van der Waals surface area contributed by atoms with E-state index >= 15 is 0 Å². The average molecular weight is 231 g/mol. The molecular weight excluding hydrogens is 226 g/mol. The fourth-order valence-electron chi connectivity index (χ4n) is 0.743. The van der Waals surface area contributed by atoms with Crippen molar-refractivity contribution in [3.05, 3.63) is 30.3 Å². The van der Waals surface area contributed by atoms with Crippen molar-refractivity contribution >= 4 is 39.7 Å². The Morgan fingerprint density at radius 2 is 1.69 bits per heavy atom. The lowest BCUT2D eigenvalue weighted by atomic mass is 10.4. The number of hydrogen-bond donors (Lipinski definition) is 0. The minimum atomic E-state index is -3.68. The van der Waals surface area contributed by atoms with E-state index in [1.807, 2.05) is 0 Å². The van der Waals surface area contributed by atoms with E-state index < -0.39 is 10.0 Å². The first-order chi connectivity index (χ1) is 6.02. The molecule has 70 valence electrons. The molecular formula is C7H5NO2S3-2. The van der Waals surface area contributed by atoms with Crippen LogP contribution < -0.4 is 0 Å². The standard InChI is InChI=1S/C7H7NO2S3/c9-13(10,8-7(11)12)6-4-2-1-3-5-6/h1-5H,(H2,8,11,12)/p-2. The van der Waals surface area contributed by atoms with Gasteiger partial charge in [0.1, 0.15) is 0 Å². The molecule has 6 heteroatoms. The van der Waals surface area contributed by atoms with E-state index in [9.17, 15) is 8.42 Å². The summed E-state index contributed by atoms with van der Waals surface area (Å²) < 4.78 is 25.5. The SMILES string of the molecule is O=S(=O)(N=C([S-])[S-])c1ccccc1. The van der Waals surface area contributed by atoms with Gasteiger partial charge >= 0.3 is 0 Å². The zero-order valence-electron chi connectivity index (χ0n) is 6.38. The van der Waals surface area contributed by atoms with Crippen LogP contribution in [0.15, 0.2) is 39.6 Å². The summed E-state index contributed by atoms with van der Waals surface area (Å²) in [6, 6.07) is 7.80. The van der Waals surface area contributed by atoms with E-state index in [2.05, 4.69) is 29.7 Å². The van der Waals surface area contributed by atoms with E-state index in [4.69, 9.17) is 0 Å². The van der Waals surface area contributed by atoms with Gasteiger partial charge in [-0.2, -0.15) is 8.42 Å². The smallest absolute Gasteiger partial charge is 0.278 e. The van der Waals surface area contributed by atoms with Gasteiger partial charge in [-0.25, -0.2) is 8.77 Å². The Morgan fingerprint density at radius 3 is 2.15 bits per heavy atom. The van der Waals surface area contributed by atoms with Gasteiger partial charge < -0.3 is 25.3 Å². The third-order valence-corrected chi connectivity index (χ3v) is 2.94. The quantitative estimate of drug-likeness (QED) is 0.429. The topological polar surface area (TPSA) is 46.5 Å². The van der Waals surface area contributed by atoms with Crippen LogP contribution in [0.1, 0.15) is 0 Å². The summed E-state index contributed by atoms with van der Waals surface area (Å²) in [4.78, 5) is 0.0993. The molecule has 0 atom stereocenters. The molecule has 0 N–H and O–H groups in total. The van der Waals surface area contributed by atoms with E-state index in [1.54, 1.807) is 18.2 Å². The normalized spacial score (nSPS) is 10.8. The minimum absolute atomic E-state index is 0.0993. The Balaban J connectivity index is 3.18. The molecule has 0 aliphatic rings. The Kier molecular flexibility index (Phi) is 3.18. The molecule has 0 fully saturated rings. The van der Waals surface area contributed by atoms with E-state index in [1.165, 1.54) is 12.1 Å². The molecule has 1 aromatic rings. The molecule has 0 aromatic heterocycles. The predicted octanol–water partition coefficient (Wildman–Crippen LogP) is 0.825. The third kappa shape index (κ3) is 2.91. The molecule has 0 aliphatic carbocycles. The number of benzene rings is 1. The van der Waals surface area contributed by atoms with Crippen LogP contribution in [0.4, 0.5) is 0 Å². The molecule has 0 heterocycles. The molecule has 0 radical (unpaired) electrons. The Morgan fingerprint density at radius 1 is 1.15 bits per heavy atom. The van der Waals surface area contributed by atoms with Crippen molar-refractivity contribution in [2.24, 2.45) is 4.40 Å². The first-order valence-electron chi connectivity index (χ1n) is 3.26. The molecule has 0 spiro atoms. The van der Waals surface area contributed by atoms with Crippen LogP contribution >= 0.6 is 0 Å². The Hall–Kier alpha value is -0.720. The summed E-state index contributed by atoms with van der Waals surface area (Å²) in [5.41, 5.74) is 0. The van der Waals surface area contributed by atoms with Gasteiger partial charge in [-0.05, 0) is 12.1 Å². The first kappa shape index (κ1) is 10.4. The van der Waals surface area contributed by atoms with Crippen LogP contribution in [0.3, 0.4) is 0 Å². The van der Waals surface area contributed by atoms with Crippen molar-refractivity contribution in [2.45, 2.75) is 4.90 Å². The molecule has 0 bridgehead atoms. The van der Waals surface area contributed by atoms with Crippen LogP contribution in [0.5, 0.6) is 0 Å². The molecule has 1 aromatic carbocycles. The monoisotopic (exact) mass is 231 g/mol. The largest absolute Gasteiger partial charge is 0.788 e. The molecule has 0 amide bonds. The van der Waals surface area contributed by atoms with Crippen molar-refractivity contribution in [3.63, 3.8) is 0 Å². The molecule has 0 aliphatic heterocycles. The summed E-state index contributed by atoms with van der Waals surface area (Å²) in [6.07, 6.45) is 0. The highest BCUT2D eigenvalue weighted by Crippen LogP contribution is 2.10. The van der Waals surface area contributed by atoms with Crippen molar-refractivity contribution in [1.29, 1.82) is 0 Å². The summed E-state index contributed by atoms with van der Waals surface area (Å²) in [5, 5.41) is 0. The minimum Gasteiger partial charge on any atom is -0.788 e. The second-order valence-electron chi connectivity index (χ2n) is 2.15. The van der Waals surface area contributed by atoms with E-state index in [0.717, 1.165) is 0 Å². The highest BCUT2D eigenvalue weighted by atomic mass is 32.2. The van der Waals surface area contributed by atoms with Crippen LogP contribution in [0.2, 0.25) is 0 Å². The molecule has 0 unspecified atom stereocenters. The van der Waals surface area contributed by atoms with Crippen LogP contribution in [0, 0.1) is 0 Å². The van der Waals surface area contributed by atoms with Crippen molar-refractivity contribution in [1.82, 2.24) is 0 Å². The van der Waals surface area contributed by atoms with Gasteiger partial charge in [-0.3, -0.25) is 0 Å². The summed E-state index contributed by atoms with van der Waals surface area (Å²) in [7, 11) is -3.68. The molecule has 0 saturated carbocycles. The number of rotatable bonds is 2. The van der Waals surface area contributed by atoms with Gasteiger partial charge in [0.15, 0.2) is 0 Å². The number of sulfonamides is 1. The molecule has 1 rings (SSSR count). The Labute approximate surface area is 87.8 Å². The fourth-order valence-corrected chi connectivity index (χ4v) is 2.13. The van der Waals surface area contributed by atoms with Gasteiger partial charge in [-0.1, -0.05) is 18.2 Å². The molecule has 0 saturated heterocycles. The molecule has 13 heavy (non-hydrogen) atoms. The zero-order valence-corrected chi connectivity index (χ0v) is 8.82.